The molecule has 0 aliphatic carbocycles. The van der Waals surface area contributed by atoms with Gasteiger partial charge >= 0.3 is 12.6 Å². The van der Waals surface area contributed by atoms with E-state index in [0.717, 1.165) is 5.69 Å². The van der Waals surface area contributed by atoms with Crippen LogP contribution in [0, 0.1) is 0 Å². The number of carbonyl (C=O) groups excluding carboxylic acids is 1. The van der Waals surface area contributed by atoms with E-state index in [1.54, 1.807) is 12.1 Å². The van der Waals surface area contributed by atoms with E-state index in [1.807, 2.05) is 18.2 Å². The standard InChI is InChI=1S/C19H17F2N5O4/c1-28-13-9-5-8-12(15(13)30-17(20)21)16(27)29-10-14-24-18(22)26-19(25-14)23-11-6-3-2-4-7-11/h2-9,17H,10H2,1H3,(H3,22,23,24,25,26). The van der Waals surface area contributed by atoms with Crippen molar-refractivity contribution in [3.8, 4) is 11.5 Å². The number of methoxy groups -OCH3 is 1. The van der Waals surface area contributed by atoms with E-state index in [2.05, 4.69) is 25.0 Å². The quantitative estimate of drug-likeness (QED) is 0.532. The minimum Gasteiger partial charge on any atom is -0.493 e. The van der Waals surface area contributed by atoms with Gasteiger partial charge in [-0.15, -0.1) is 0 Å². The van der Waals surface area contributed by atoms with Crippen LogP contribution in [0.4, 0.5) is 26.4 Å². The Kier molecular flexibility index (Phi) is 6.53. The first-order valence-corrected chi connectivity index (χ1v) is 8.57. The fraction of sp³-hybridized carbons (Fsp3) is 0.158. The largest absolute Gasteiger partial charge is 0.493 e. The van der Waals surface area contributed by atoms with E-state index in [0.29, 0.717) is 0 Å². The van der Waals surface area contributed by atoms with Gasteiger partial charge in [0.15, 0.2) is 23.9 Å². The van der Waals surface area contributed by atoms with Crippen molar-refractivity contribution in [2.75, 3.05) is 18.2 Å². The van der Waals surface area contributed by atoms with E-state index >= 15 is 0 Å². The van der Waals surface area contributed by atoms with Crippen LogP contribution in [-0.4, -0.2) is 34.6 Å². The Morgan fingerprint density at radius 1 is 1.10 bits per heavy atom. The molecule has 0 amide bonds. The summed E-state index contributed by atoms with van der Waals surface area (Å²) in [5.74, 6) is -1.26. The van der Waals surface area contributed by atoms with E-state index in [9.17, 15) is 13.6 Å². The highest BCUT2D eigenvalue weighted by Gasteiger charge is 2.22. The molecule has 3 aromatic rings. The fourth-order valence-corrected chi connectivity index (χ4v) is 2.46. The lowest BCUT2D eigenvalue weighted by molar-refractivity contribution is -0.0518. The number of halogens is 2. The Balaban J connectivity index is 1.75. The predicted octanol–water partition coefficient (Wildman–Crippen LogP) is 3.16. The lowest BCUT2D eigenvalue weighted by Crippen LogP contribution is -2.13. The smallest absolute Gasteiger partial charge is 0.387 e. The minimum absolute atomic E-state index is 0.0384. The van der Waals surface area contributed by atoms with Crippen molar-refractivity contribution in [2.24, 2.45) is 0 Å². The first-order chi connectivity index (χ1) is 14.5. The molecule has 0 aliphatic heterocycles. The maximum atomic E-state index is 12.7. The van der Waals surface area contributed by atoms with Gasteiger partial charge in [-0.3, -0.25) is 0 Å². The summed E-state index contributed by atoms with van der Waals surface area (Å²) in [4.78, 5) is 24.4. The molecule has 0 atom stereocenters. The maximum Gasteiger partial charge on any atom is 0.387 e. The summed E-state index contributed by atoms with van der Waals surface area (Å²) in [6.45, 7) is -3.52. The van der Waals surface area contributed by atoms with Gasteiger partial charge < -0.3 is 25.3 Å². The summed E-state index contributed by atoms with van der Waals surface area (Å²) in [5, 5.41) is 2.95. The molecule has 0 saturated carbocycles. The maximum absolute atomic E-state index is 12.7. The molecule has 0 bridgehead atoms. The lowest BCUT2D eigenvalue weighted by atomic mass is 10.2. The summed E-state index contributed by atoms with van der Waals surface area (Å²) < 4.78 is 40.0. The van der Waals surface area contributed by atoms with Crippen LogP contribution >= 0.6 is 0 Å². The van der Waals surface area contributed by atoms with Gasteiger partial charge in [0.25, 0.3) is 0 Å². The van der Waals surface area contributed by atoms with Gasteiger partial charge in [0.2, 0.25) is 11.9 Å². The molecule has 3 rings (SSSR count). The summed E-state index contributed by atoms with van der Waals surface area (Å²) in [7, 11) is 1.26. The number of esters is 1. The number of para-hydroxylation sites is 2. The van der Waals surface area contributed by atoms with Gasteiger partial charge in [-0.2, -0.15) is 23.7 Å². The monoisotopic (exact) mass is 417 g/mol. The normalized spacial score (nSPS) is 10.5. The number of rotatable bonds is 8. The lowest BCUT2D eigenvalue weighted by Gasteiger charge is -2.13. The van der Waals surface area contributed by atoms with Crippen molar-refractivity contribution in [1.29, 1.82) is 0 Å². The van der Waals surface area contributed by atoms with Crippen molar-refractivity contribution in [1.82, 2.24) is 15.0 Å². The summed E-state index contributed by atoms with van der Waals surface area (Å²) >= 11 is 0. The number of ether oxygens (including phenoxy) is 3. The Morgan fingerprint density at radius 2 is 1.87 bits per heavy atom. The second-order valence-corrected chi connectivity index (χ2v) is 5.72. The van der Waals surface area contributed by atoms with Gasteiger partial charge in [0.05, 0.1) is 7.11 Å². The zero-order valence-corrected chi connectivity index (χ0v) is 15.7. The molecular weight excluding hydrogens is 400 g/mol. The Labute approximate surface area is 169 Å². The number of benzene rings is 2. The molecule has 0 aliphatic rings. The molecule has 0 radical (unpaired) electrons. The molecule has 2 aromatic carbocycles. The number of hydrogen-bond acceptors (Lipinski definition) is 9. The Hall–Kier alpha value is -4.02. The number of hydrogen-bond donors (Lipinski definition) is 2. The third-order valence-corrected chi connectivity index (χ3v) is 3.69. The number of alkyl halides is 2. The van der Waals surface area contributed by atoms with Crippen LogP contribution in [0.3, 0.4) is 0 Å². The minimum atomic E-state index is -3.15. The molecule has 0 fully saturated rings. The van der Waals surface area contributed by atoms with Crippen LogP contribution in [-0.2, 0) is 11.3 Å². The van der Waals surface area contributed by atoms with E-state index < -0.39 is 18.3 Å². The molecule has 11 heteroatoms. The van der Waals surface area contributed by atoms with Gasteiger partial charge in [-0.05, 0) is 24.3 Å². The van der Waals surface area contributed by atoms with E-state index in [-0.39, 0.29) is 35.6 Å². The van der Waals surface area contributed by atoms with Crippen molar-refractivity contribution in [3.05, 3.63) is 59.9 Å². The second-order valence-electron chi connectivity index (χ2n) is 5.72. The number of nitrogens with one attached hydrogen (secondary N) is 1. The topological polar surface area (TPSA) is 121 Å². The van der Waals surface area contributed by atoms with E-state index in [4.69, 9.17) is 15.2 Å². The Morgan fingerprint density at radius 3 is 2.57 bits per heavy atom. The van der Waals surface area contributed by atoms with Crippen LogP contribution in [0.2, 0.25) is 0 Å². The van der Waals surface area contributed by atoms with Crippen LogP contribution in [0.15, 0.2) is 48.5 Å². The van der Waals surface area contributed by atoms with Crippen molar-refractivity contribution in [3.63, 3.8) is 0 Å². The molecule has 1 heterocycles. The van der Waals surface area contributed by atoms with E-state index in [1.165, 1.54) is 25.3 Å². The van der Waals surface area contributed by atoms with Crippen molar-refractivity contribution >= 4 is 23.6 Å². The van der Waals surface area contributed by atoms with Crippen LogP contribution < -0.4 is 20.5 Å². The molecule has 30 heavy (non-hydrogen) atoms. The van der Waals surface area contributed by atoms with Crippen LogP contribution in [0.5, 0.6) is 11.5 Å². The number of carbonyl (C=O) groups is 1. The number of anilines is 3. The first-order valence-electron chi connectivity index (χ1n) is 8.57. The van der Waals surface area contributed by atoms with Gasteiger partial charge in [0, 0.05) is 5.69 Å². The highest BCUT2D eigenvalue weighted by atomic mass is 19.3. The average molecular weight is 417 g/mol. The summed E-state index contributed by atoms with van der Waals surface area (Å²) in [6, 6.07) is 13.2. The second kappa shape index (κ2) is 9.45. The van der Waals surface area contributed by atoms with Gasteiger partial charge in [0.1, 0.15) is 5.56 Å². The average Bonchev–Trinajstić information content (AvgIpc) is 2.72. The highest BCUT2D eigenvalue weighted by molar-refractivity contribution is 5.93. The number of nitrogens with zero attached hydrogens (tertiary/aromatic N) is 3. The van der Waals surface area contributed by atoms with Crippen molar-refractivity contribution < 1.29 is 27.8 Å². The number of aromatic nitrogens is 3. The number of nitrogens with two attached hydrogens (primary N) is 1. The molecule has 0 unspecified atom stereocenters. The Bertz CT molecular complexity index is 1020. The molecule has 0 saturated heterocycles. The SMILES string of the molecule is COc1cccc(C(=O)OCc2nc(N)nc(Nc3ccccc3)n2)c1OC(F)F. The highest BCUT2D eigenvalue weighted by Crippen LogP contribution is 2.33. The van der Waals surface area contributed by atoms with Crippen LogP contribution in [0.1, 0.15) is 16.2 Å². The van der Waals surface area contributed by atoms with Gasteiger partial charge in [-0.25, -0.2) is 4.79 Å². The fourth-order valence-electron chi connectivity index (χ4n) is 2.46. The zero-order chi connectivity index (χ0) is 21.5. The molecule has 0 spiro atoms. The molecule has 156 valence electrons. The van der Waals surface area contributed by atoms with Crippen LogP contribution in [0.25, 0.3) is 0 Å². The third-order valence-electron chi connectivity index (χ3n) is 3.69. The first kappa shape index (κ1) is 20.7. The molecule has 3 N–H and O–H groups in total. The summed E-state index contributed by atoms with van der Waals surface area (Å²) in [6.07, 6.45) is 0. The van der Waals surface area contributed by atoms with Crippen molar-refractivity contribution in [2.45, 2.75) is 13.2 Å². The molecule has 9 nitrogen and oxygen atoms in total. The number of nitrogen functional groups attached to an aromatic ring is 1. The summed E-state index contributed by atoms with van der Waals surface area (Å²) in [5.41, 5.74) is 6.17. The van der Waals surface area contributed by atoms with Gasteiger partial charge in [-0.1, -0.05) is 24.3 Å². The third kappa shape index (κ3) is 5.28. The predicted molar refractivity (Wildman–Crippen MR) is 103 cm³/mol. The molecular formula is C19H17F2N5O4. The zero-order valence-electron chi connectivity index (χ0n) is 15.7. The molecule has 1 aromatic heterocycles.